The van der Waals surface area contributed by atoms with Crippen LogP contribution >= 0.6 is 0 Å². The molecule has 0 aromatic heterocycles. The van der Waals surface area contributed by atoms with Crippen molar-refractivity contribution in [3.8, 4) is 0 Å². The van der Waals surface area contributed by atoms with E-state index < -0.39 is 11.9 Å². The van der Waals surface area contributed by atoms with Gasteiger partial charge in [0.15, 0.2) is 0 Å². The predicted octanol–water partition coefficient (Wildman–Crippen LogP) is 5.46. The predicted molar refractivity (Wildman–Crippen MR) is 105 cm³/mol. The van der Waals surface area contributed by atoms with Crippen molar-refractivity contribution < 1.29 is 19.8 Å². The highest BCUT2D eigenvalue weighted by molar-refractivity contribution is 5.72. The summed E-state index contributed by atoms with van der Waals surface area (Å²) >= 11 is 0. The van der Waals surface area contributed by atoms with Crippen molar-refractivity contribution in [2.24, 2.45) is 45.3 Å². The molecule has 0 aromatic rings. The number of carbonyl (C=O) groups is 2. The third kappa shape index (κ3) is 2.76. The topological polar surface area (TPSA) is 74.6 Å². The monoisotopic (exact) mass is 378 g/mol. The van der Waals surface area contributed by atoms with E-state index in [1.54, 1.807) is 0 Å². The lowest BCUT2D eigenvalue weighted by atomic mass is 9.66. The average molecular weight is 379 g/mol. The van der Waals surface area contributed by atoms with Crippen LogP contribution in [0.1, 0.15) is 86.5 Å². The zero-order chi connectivity index (χ0) is 20.4. The van der Waals surface area contributed by atoms with Gasteiger partial charge in [-0.25, -0.2) is 0 Å². The molecule has 0 heterocycles. The number of aliphatic carboxylic acids is 2. The Kier molecular flexibility index (Phi) is 4.76. The van der Waals surface area contributed by atoms with Crippen LogP contribution in [0.2, 0.25) is 0 Å². The molecule has 2 N–H and O–H groups in total. The van der Waals surface area contributed by atoms with Gasteiger partial charge < -0.3 is 10.2 Å². The van der Waals surface area contributed by atoms with Crippen molar-refractivity contribution in [2.75, 3.05) is 0 Å². The highest BCUT2D eigenvalue weighted by atomic mass is 16.4. The van der Waals surface area contributed by atoms with Gasteiger partial charge >= 0.3 is 11.9 Å². The Labute approximate surface area is 164 Å². The van der Waals surface area contributed by atoms with Crippen molar-refractivity contribution in [1.82, 2.24) is 0 Å². The van der Waals surface area contributed by atoms with E-state index >= 15 is 0 Å². The summed E-state index contributed by atoms with van der Waals surface area (Å²) in [5.41, 5.74) is 0.905. The third-order valence-electron chi connectivity index (χ3n) is 10.5. The molecule has 154 valence electrons. The summed E-state index contributed by atoms with van der Waals surface area (Å²) in [6.45, 7) is 13.6. The fraction of sp³-hybridized carbons (Fsp3) is 0.913. The molecule has 4 bridgehead atoms. The minimum atomic E-state index is -0.625. The van der Waals surface area contributed by atoms with Gasteiger partial charge in [-0.1, -0.05) is 41.5 Å². The largest absolute Gasteiger partial charge is 0.481 e. The van der Waals surface area contributed by atoms with Gasteiger partial charge in [0, 0.05) is 6.42 Å². The van der Waals surface area contributed by atoms with Gasteiger partial charge in [-0.2, -0.15) is 0 Å². The van der Waals surface area contributed by atoms with E-state index in [0.717, 1.165) is 25.2 Å². The van der Waals surface area contributed by atoms with Crippen LogP contribution in [0.5, 0.6) is 0 Å². The number of carboxylic acids is 2. The molecular weight excluding hydrogens is 340 g/mol. The molecule has 27 heavy (non-hydrogen) atoms. The Morgan fingerprint density at radius 1 is 0.815 bits per heavy atom. The van der Waals surface area contributed by atoms with Crippen LogP contribution in [0.25, 0.3) is 0 Å². The molecule has 0 radical (unpaired) electrons. The van der Waals surface area contributed by atoms with Crippen molar-refractivity contribution in [3.05, 3.63) is 0 Å². The molecule has 4 aliphatic carbocycles. The van der Waals surface area contributed by atoms with Gasteiger partial charge in [0.25, 0.3) is 0 Å². The van der Waals surface area contributed by atoms with E-state index in [1.165, 1.54) is 19.3 Å². The zero-order valence-electron chi connectivity index (χ0n) is 18.0. The van der Waals surface area contributed by atoms with Crippen molar-refractivity contribution in [1.29, 1.82) is 0 Å². The molecule has 6 unspecified atom stereocenters. The summed E-state index contributed by atoms with van der Waals surface area (Å²) in [7, 11) is 0. The fourth-order valence-electron chi connectivity index (χ4n) is 7.47. The van der Waals surface area contributed by atoms with Gasteiger partial charge in [0.05, 0.1) is 5.92 Å². The normalized spacial score (nSPS) is 45.4. The Morgan fingerprint density at radius 3 is 1.56 bits per heavy atom. The number of hydrogen-bond donors (Lipinski definition) is 2. The lowest BCUT2D eigenvalue weighted by Gasteiger charge is -2.38. The van der Waals surface area contributed by atoms with Gasteiger partial charge in [0.2, 0.25) is 0 Å². The average Bonchev–Trinajstić information content (AvgIpc) is 3.06. The molecule has 4 rings (SSSR count). The maximum Gasteiger partial charge on any atom is 0.307 e. The van der Waals surface area contributed by atoms with Crippen LogP contribution in [-0.4, -0.2) is 22.2 Å². The molecule has 6 atom stereocenters. The molecule has 4 fully saturated rings. The second-order valence-electron chi connectivity index (χ2n) is 11.4. The van der Waals surface area contributed by atoms with Gasteiger partial charge in [-0.3, -0.25) is 9.59 Å². The molecule has 4 aliphatic rings. The Balaban J connectivity index is 0.000000156. The van der Waals surface area contributed by atoms with Crippen LogP contribution in [0.15, 0.2) is 0 Å². The van der Waals surface area contributed by atoms with Crippen LogP contribution in [0.3, 0.4) is 0 Å². The lowest BCUT2D eigenvalue weighted by Crippen LogP contribution is -2.36. The lowest BCUT2D eigenvalue weighted by molar-refractivity contribution is -0.147. The first-order valence-electron chi connectivity index (χ1n) is 10.7. The van der Waals surface area contributed by atoms with Crippen molar-refractivity contribution in [2.45, 2.75) is 86.5 Å². The summed E-state index contributed by atoms with van der Waals surface area (Å²) in [5, 5.41) is 18.0. The second-order valence-corrected chi connectivity index (χ2v) is 11.4. The molecule has 0 aliphatic heterocycles. The summed E-state index contributed by atoms with van der Waals surface area (Å²) in [6, 6.07) is 0. The zero-order valence-corrected chi connectivity index (χ0v) is 18.0. The number of rotatable bonds is 3. The number of carboxylic acid groups (broad SMARTS) is 2. The molecular formula is C23H38O4. The molecule has 4 saturated carbocycles. The number of hydrogen-bond acceptors (Lipinski definition) is 2. The summed E-state index contributed by atoms with van der Waals surface area (Å²) in [4.78, 5) is 21.9. The Hall–Kier alpha value is -1.06. The van der Waals surface area contributed by atoms with E-state index in [2.05, 4.69) is 41.5 Å². The molecule has 4 heteroatoms. The first-order valence-corrected chi connectivity index (χ1v) is 10.7. The van der Waals surface area contributed by atoms with Gasteiger partial charge in [-0.05, 0) is 77.9 Å². The minimum absolute atomic E-state index is 0.0451. The van der Waals surface area contributed by atoms with E-state index in [1.807, 2.05) is 0 Å². The van der Waals surface area contributed by atoms with Crippen molar-refractivity contribution in [3.63, 3.8) is 0 Å². The van der Waals surface area contributed by atoms with E-state index in [4.69, 9.17) is 10.2 Å². The second kappa shape index (κ2) is 6.22. The van der Waals surface area contributed by atoms with Crippen LogP contribution in [-0.2, 0) is 9.59 Å². The number of fused-ring (bicyclic) bond motifs is 4. The van der Waals surface area contributed by atoms with Crippen molar-refractivity contribution >= 4 is 11.9 Å². The molecule has 0 saturated heterocycles. The highest BCUT2D eigenvalue weighted by Gasteiger charge is 2.63. The first-order chi connectivity index (χ1) is 12.3. The van der Waals surface area contributed by atoms with E-state index in [-0.39, 0.29) is 22.2 Å². The molecule has 0 spiro atoms. The molecule has 4 nitrogen and oxygen atoms in total. The third-order valence-corrected chi connectivity index (χ3v) is 10.5. The summed E-state index contributed by atoms with van der Waals surface area (Å²) in [5.74, 6) is 0.503. The SMILES string of the molecule is CC1(C)C2CCC1(C)C(C(=O)O)C2.CC1(C)C2CCC1(C)C(CC(=O)O)C2. The standard InChI is InChI=1S/C12H20O2.C11H18O2/c1-11(2)8-4-5-12(11,3)9(6-8)7-10(13)14;1-10(2)7-4-5-11(10,3)8(6-7)9(12)13/h8-9H,4-7H2,1-3H3,(H,13,14);7-8H,4-6H2,1-3H3,(H,12,13). The van der Waals surface area contributed by atoms with Crippen LogP contribution < -0.4 is 0 Å². The Morgan fingerprint density at radius 2 is 1.30 bits per heavy atom. The van der Waals surface area contributed by atoms with Crippen LogP contribution in [0, 0.1) is 45.3 Å². The summed E-state index contributed by atoms with van der Waals surface area (Å²) < 4.78 is 0. The molecule has 0 amide bonds. The highest BCUT2D eigenvalue weighted by Crippen LogP contribution is 2.69. The van der Waals surface area contributed by atoms with E-state index in [0.29, 0.717) is 23.7 Å². The minimum Gasteiger partial charge on any atom is -0.481 e. The van der Waals surface area contributed by atoms with Crippen LogP contribution in [0.4, 0.5) is 0 Å². The fourth-order valence-corrected chi connectivity index (χ4v) is 7.47. The van der Waals surface area contributed by atoms with Gasteiger partial charge in [-0.15, -0.1) is 0 Å². The maximum absolute atomic E-state index is 11.1. The Bertz CT molecular complexity index is 636. The summed E-state index contributed by atoms with van der Waals surface area (Å²) in [6.07, 6.45) is 7.27. The molecule has 0 aromatic carbocycles. The smallest absolute Gasteiger partial charge is 0.307 e. The maximum atomic E-state index is 11.1. The van der Waals surface area contributed by atoms with Gasteiger partial charge in [0.1, 0.15) is 0 Å². The quantitative estimate of drug-likeness (QED) is 0.684. The first kappa shape index (κ1) is 20.7. The van der Waals surface area contributed by atoms with E-state index in [9.17, 15) is 9.59 Å².